The first kappa shape index (κ1) is 20.7. The Labute approximate surface area is 144 Å². The molecule has 1 amide bonds. The lowest BCUT2D eigenvalue weighted by Gasteiger charge is -2.15. The van der Waals surface area contributed by atoms with E-state index in [2.05, 4.69) is 11.9 Å². The molecule has 2 N–H and O–H groups in total. The number of hydrogen-bond acceptors (Lipinski definition) is 2. The van der Waals surface area contributed by atoms with Crippen molar-refractivity contribution in [1.29, 1.82) is 0 Å². The molecule has 0 saturated carbocycles. The van der Waals surface area contributed by atoms with E-state index in [0.717, 1.165) is 49.9 Å². The number of hydrogen-bond donors (Lipinski definition) is 2. The second kappa shape index (κ2) is 9.86. The Bertz CT molecular complexity index is 582. The number of nitrogens with one attached hydrogen (secondary N) is 1. The predicted octanol–water partition coefficient (Wildman–Crippen LogP) is 4.42. The molecule has 1 atom stereocenters. The van der Waals surface area contributed by atoms with Crippen molar-refractivity contribution in [2.75, 3.05) is 0 Å². The Kier molecular flexibility index (Phi) is 8.18. The molecule has 0 saturated heterocycles. The first-order valence-electron chi connectivity index (χ1n) is 8.07. The number of aliphatic carboxylic acids is 1. The number of carbonyl (C=O) groups is 2. The van der Waals surface area contributed by atoms with Crippen LogP contribution in [0.1, 0.15) is 54.4 Å². The third kappa shape index (κ3) is 7.41. The minimum absolute atomic E-state index is 0.00904. The topological polar surface area (TPSA) is 66.4 Å². The predicted molar refractivity (Wildman–Crippen MR) is 88.2 cm³/mol. The average Bonchev–Trinajstić information content (AvgIpc) is 2.55. The van der Waals surface area contributed by atoms with Crippen LogP contribution in [-0.2, 0) is 11.0 Å². The third-order valence-electron chi connectivity index (χ3n) is 3.73. The van der Waals surface area contributed by atoms with Gasteiger partial charge in [-0.05, 0) is 43.5 Å². The number of alkyl halides is 3. The Morgan fingerprint density at radius 3 is 2.24 bits per heavy atom. The normalized spacial score (nSPS) is 12.4. The molecule has 1 aromatic rings. The molecule has 1 aromatic carbocycles. The van der Waals surface area contributed by atoms with Gasteiger partial charge in [0.15, 0.2) is 0 Å². The molecule has 0 spiro atoms. The fourth-order valence-corrected chi connectivity index (χ4v) is 2.30. The summed E-state index contributed by atoms with van der Waals surface area (Å²) in [5, 5.41) is 11.5. The van der Waals surface area contributed by atoms with E-state index in [0.29, 0.717) is 6.42 Å². The fraction of sp³-hybridized carbons (Fsp3) is 0.444. The number of benzene rings is 1. The van der Waals surface area contributed by atoms with Crippen LogP contribution in [0.2, 0.25) is 0 Å². The minimum atomic E-state index is -4.48. The van der Waals surface area contributed by atoms with Crippen molar-refractivity contribution in [1.82, 2.24) is 5.32 Å². The van der Waals surface area contributed by atoms with Crippen LogP contribution in [0.15, 0.2) is 36.9 Å². The van der Waals surface area contributed by atoms with Gasteiger partial charge < -0.3 is 10.4 Å². The molecule has 0 radical (unpaired) electrons. The van der Waals surface area contributed by atoms with E-state index >= 15 is 0 Å². The van der Waals surface area contributed by atoms with Gasteiger partial charge in [-0.25, -0.2) is 4.79 Å². The number of amides is 1. The van der Waals surface area contributed by atoms with Crippen LogP contribution in [-0.4, -0.2) is 23.0 Å². The summed E-state index contributed by atoms with van der Waals surface area (Å²) in [5.74, 6) is -1.86. The highest BCUT2D eigenvalue weighted by molar-refractivity contribution is 5.96. The molecule has 1 rings (SSSR count). The molecule has 0 bridgehead atoms. The number of rotatable bonds is 10. The molecule has 0 aromatic heterocycles. The van der Waals surface area contributed by atoms with Gasteiger partial charge in [0.2, 0.25) is 0 Å². The molecule has 0 aliphatic carbocycles. The van der Waals surface area contributed by atoms with Crippen molar-refractivity contribution in [3.63, 3.8) is 0 Å². The van der Waals surface area contributed by atoms with Gasteiger partial charge in [-0.15, -0.1) is 6.58 Å². The van der Waals surface area contributed by atoms with Crippen molar-refractivity contribution in [3.8, 4) is 0 Å². The van der Waals surface area contributed by atoms with Crippen LogP contribution in [0, 0.1) is 0 Å². The number of unbranched alkanes of at least 4 members (excludes halogenated alkanes) is 4. The van der Waals surface area contributed by atoms with E-state index in [4.69, 9.17) is 0 Å². The second-order valence-corrected chi connectivity index (χ2v) is 5.72. The van der Waals surface area contributed by atoms with Gasteiger partial charge in [0.25, 0.3) is 5.91 Å². The monoisotopic (exact) mass is 357 g/mol. The summed E-state index contributed by atoms with van der Waals surface area (Å²) in [7, 11) is 0. The molecule has 0 heterocycles. The molecular formula is C18H22F3NO3. The Morgan fingerprint density at radius 2 is 1.72 bits per heavy atom. The van der Waals surface area contributed by atoms with Crippen molar-refractivity contribution in [2.45, 2.75) is 50.7 Å². The number of carboxylic acids is 1. The molecule has 138 valence electrons. The number of allylic oxidation sites excluding steroid dienone is 1. The molecule has 25 heavy (non-hydrogen) atoms. The number of halogens is 3. The van der Waals surface area contributed by atoms with Crippen molar-refractivity contribution >= 4 is 11.9 Å². The van der Waals surface area contributed by atoms with Gasteiger partial charge in [-0.2, -0.15) is 13.2 Å². The van der Waals surface area contributed by atoms with E-state index < -0.39 is 29.7 Å². The van der Waals surface area contributed by atoms with Crippen LogP contribution >= 0.6 is 0 Å². The van der Waals surface area contributed by atoms with Gasteiger partial charge in [0.1, 0.15) is 6.04 Å². The molecule has 4 nitrogen and oxygen atoms in total. The fourth-order valence-electron chi connectivity index (χ4n) is 2.30. The summed E-state index contributed by atoms with van der Waals surface area (Å²) < 4.78 is 37.5. The van der Waals surface area contributed by atoms with E-state index in [9.17, 15) is 27.9 Å². The van der Waals surface area contributed by atoms with Crippen LogP contribution in [0.5, 0.6) is 0 Å². The first-order valence-corrected chi connectivity index (χ1v) is 8.07. The summed E-state index contributed by atoms with van der Waals surface area (Å²) >= 11 is 0. The quantitative estimate of drug-likeness (QED) is 0.481. The Hall–Kier alpha value is -2.31. The zero-order valence-electron chi connectivity index (χ0n) is 13.8. The van der Waals surface area contributed by atoms with E-state index in [1.165, 1.54) is 0 Å². The molecular weight excluding hydrogens is 335 g/mol. The van der Waals surface area contributed by atoms with E-state index in [1.54, 1.807) is 0 Å². The number of carboxylic acid groups (broad SMARTS) is 1. The molecule has 0 aliphatic heterocycles. The van der Waals surface area contributed by atoms with Crippen LogP contribution < -0.4 is 5.32 Å². The maximum atomic E-state index is 12.5. The van der Waals surface area contributed by atoms with Crippen LogP contribution in [0.25, 0.3) is 0 Å². The molecule has 0 aliphatic rings. The maximum absolute atomic E-state index is 12.5. The van der Waals surface area contributed by atoms with Crippen molar-refractivity contribution < 1.29 is 27.9 Å². The number of carbonyl (C=O) groups excluding carboxylic acids is 1. The third-order valence-corrected chi connectivity index (χ3v) is 3.73. The summed E-state index contributed by atoms with van der Waals surface area (Å²) in [6, 6.07) is 2.60. The summed E-state index contributed by atoms with van der Waals surface area (Å²) in [6.45, 7) is 3.62. The van der Waals surface area contributed by atoms with Crippen LogP contribution in [0.4, 0.5) is 13.2 Å². The minimum Gasteiger partial charge on any atom is -0.480 e. The second-order valence-electron chi connectivity index (χ2n) is 5.72. The van der Waals surface area contributed by atoms with E-state index in [1.807, 2.05) is 6.08 Å². The van der Waals surface area contributed by atoms with Gasteiger partial charge in [0, 0.05) is 5.56 Å². The largest absolute Gasteiger partial charge is 0.480 e. The molecule has 0 unspecified atom stereocenters. The highest BCUT2D eigenvalue weighted by atomic mass is 19.4. The summed E-state index contributed by atoms with van der Waals surface area (Å²) in [6.07, 6.45) is 1.94. The summed E-state index contributed by atoms with van der Waals surface area (Å²) in [5.41, 5.74) is -0.872. The van der Waals surface area contributed by atoms with E-state index in [-0.39, 0.29) is 12.0 Å². The lowest BCUT2D eigenvalue weighted by atomic mass is 10.1. The zero-order chi connectivity index (χ0) is 18.9. The average molecular weight is 357 g/mol. The SMILES string of the molecule is C=CCCCCCC[C@H](NC(=O)c1ccc(C(F)(F)F)cc1)C(=O)O. The van der Waals surface area contributed by atoms with Gasteiger partial charge >= 0.3 is 12.1 Å². The Morgan fingerprint density at radius 1 is 1.12 bits per heavy atom. The first-order chi connectivity index (χ1) is 11.8. The standard InChI is InChI=1S/C18H22F3NO3/c1-2-3-4-5-6-7-8-15(17(24)25)22-16(23)13-9-11-14(12-10-13)18(19,20)21/h2,9-12,15H,1,3-8H2,(H,22,23)(H,24,25)/t15-/m0/s1. The van der Waals surface area contributed by atoms with Crippen LogP contribution in [0.3, 0.4) is 0 Å². The lowest BCUT2D eigenvalue weighted by molar-refractivity contribution is -0.139. The van der Waals surface area contributed by atoms with Crippen molar-refractivity contribution in [2.24, 2.45) is 0 Å². The van der Waals surface area contributed by atoms with Gasteiger partial charge in [-0.3, -0.25) is 4.79 Å². The van der Waals surface area contributed by atoms with Crippen molar-refractivity contribution in [3.05, 3.63) is 48.0 Å². The maximum Gasteiger partial charge on any atom is 0.416 e. The smallest absolute Gasteiger partial charge is 0.416 e. The Balaban J connectivity index is 2.55. The highest BCUT2D eigenvalue weighted by Crippen LogP contribution is 2.29. The zero-order valence-corrected chi connectivity index (χ0v) is 13.8. The summed E-state index contributed by atoms with van der Waals surface area (Å²) in [4.78, 5) is 23.3. The molecule has 0 fully saturated rings. The highest BCUT2D eigenvalue weighted by Gasteiger charge is 2.30. The van der Waals surface area contributed by atoms with Gasteiger partial charge in [-0.1, -0.05) is 25.3 Å². The lowest BCUT2D eigenvalue weighted by Crippen LogP contribution is -2.40. The van der Waals surface area contributed by atoms with Gasteiger partial charge in [0.05, 0.1) is 5.56 Å². The molecule has 7 heteroatoms.